The standard InChI is InChI=1S/C14H16ClNO3/c1-8(6-9-4-2-3-5-12(9)15)16-13(17)10-7-11(10)14(18)19/h2-5,8,10-11H,6-7H2,1H3,(H,16,17)(H,18,19). The predicted molar refractivity (Wildman–Crippen MR) is 72.0 cm³/mol. The molecule has 0 heterocycles. The quantitative estimate of drug-likeness (QED) is 0.869. The number of carboxylic acid groups (broad SMARTS) is 1. The molecule has 0 spiro atoms. The Labute approximate surface area is 116 Å². The average molecular weight is 282 g/mol. The van der Waals surface area contributed by atoms with Gasteiger partial charge in [0.25, 0.3) is 0 Å². The van der Waals surface area contributed by atoms with Gasteiger partial charge in [-0.15, -0.1) is 0 Å². The van der Waals surface area contributed by atoms with E-state index in [1.54, 1.807) is 0 Å². The molecule has 1 aromatic carbocycles. The lowest BCUT2D eigenvalue weighted by Gasteiger charge is -2.14. The summed E-state index contributed by atoms with van der Waals surface area (Å²) in [5.74, 6) is -1.94. The molecular formula is C14H16ClNO3. The zero-order valence-electron chi connectivity index (χ0n) is 10.6. The molecule has 5 heteroatoms. The maximum atomic E-state index is 11.8. The van der Waals surface area contributed by atoms with Crippen LogP contribution in [0.15, 0.2) is 24.3 Å². The number of benzene rings is 1. The SMILES string of the molecule is CC(Cc1ccccc1Cl)NC(=O)C1CC1C(=O)O. The fourth-order valence-corrected chi connectivity index (χ4v) is 2.37. The maximum Gasteiger partial charge on any atom is 0.307 e. The Morgan fingerprint density at radius 1 is 1.42 bits per heavy atom. The van der Waals surface area contributed by atoms with Crippen LogP contribution in [0.25, 0.3) is 0 Å². The molecule has 3 unspecified atom stereocenters. The Hall–Kier alpha value is -1.55. The summed E-state index contributed by atoms with van der Waals surface area (Å²) >= 11 is 6.05. The number of hydrogen-bond donors (Lipinski definition) is 2. The van der Waals surface area contributed by atoms with E-state index in [9.17, 15) is 9.59 Å². The zero-order chi connectivity index (χ0) is 14.0. The molecule has 1 amide bonds. The Balaban J connectivity index is 1.85. The smallest absolute Gasteiger partial charge is 0.307 e. The van der Waals surface area contributed by atoms with Gasteiger partial charge >= 0.3 is 5.97 Å². The van der Waals surface area contributed by atoms with Crippen molar-refractivity contribution in [2.45, 2.75) is 25.8 Å². The van der Waals surface area contributed by atoms with Crippen molar-refractivity contribution in [3.63, 3.8) is 0 Å². The van der Waals surface area contributed by atoms with Crippen LogP contribution >= 0.6 is 11.6 Å². The Kier molecular flexibility index (Phi) is 4.10. The first-order valence-corrected chi connectivity index (χ1v) is 6.63. The van der Waals surface area contributed by atoms with Crippen molar-refractivity contribution < 1.29 is 14.7 Å². The van der Waals surface area contributed by atoms with Crippen molar-refractivity contribution in [1.82, 2.24) is 5.32 Å². The molecule has 1 aromatic rings. The van der Waals surface area contributed by atoms with E-state index in [1.165, 1.54) is 0 Å². The van der Waals surface area contributed by atoms with Gasteiger partial charge in [0.05, 0.1) is 11.8 Å². The Bertz CT molecular complexity index is 503. The van der Waals surface area contributed by atoms with E-state index in [-0.39, 0.29) is 17.9 Å². The van der Waals surface area contributed by atoms with Gasteiger partial charge in [0.1, 0.15) is 0 Å². The van der Waals surface area contributed by atoms with Gasteiger partial charge in [0.15, 0.2) is 0 Å². The monoisotopic (exact) mass is 281 g/mol. The van der Waals surface area contributed by atoms with E-state index in [4.69, 9.17) is 16.7 Å². The van der Waals surface area contributed by atoms with Gasteiger partial charge in [-0.1, -0.05) is 29.8 Å². The molecule has 0 aromatic heterocycles. The average Bonchev–Trinajstić information content (AvgIpc) is 3.12. The van der Waals surface area contributed by atoms with E-state index in [2.05, 4.69) is 5.32 Å². The van der Waals surface area contributed by atoms with Crippen LogP contribution in [-0.2, 0) is 16.0 Å². The second kappa shape index (κ2) is 5.61. The number of carboxylic acids is 1. The number of nitrogens with one attached hydrogen (secondary N) is 1. The summed E-state index contributed by atoms with van der Waals surface area (Å²) in [6.45, 7) is 1.89. The number of halogens is 1. The number of aliphatic carboxylic acids is 1. The summed E-state index contributed by atoms with van der Waals surface area (Å²) in [5, 5.41) is 12.3. The molecule has 0 saturated heterocycles. The van der Waals surface area contributed by atoms with Crippen molar-refractivity contribution >= 4 is 23.5 Å². The van der Waals surface area contributed by atoms with Crippen LogP contribution in [0.2, 0.25) is 5.02 Å². The second-order valence-electron chi connectivity index (χ2n) is 4.99. The molecule has 0 aliphatic heterocycles. The normalized spacial score (nSPS) is 22.6. The number of rotatable bonds is 5. The highest BCUT2D eigenvalue weighted by atomic mass is 35.5. The summed E-state index contributed by atoms with van der Waals surface area (Å²) in [6.07, 6.45) is 1.08. The summed E-state index contributed by atoms with van der Waals surface area (Å²) < 4.78 is 0. The molecule has 1 aliphatic carbocycles. The highest BCUT2D eigenvalue weighted by molar-refractivity contribution is 6.31. The van der Waals surface area contributed by atoms with E-state index in [0.717, 1.165) is 5.56 Å². The minimum absolute atomic E-state index is 0.0672. The molecule has 4 nitrogen and oxygen atoms in total. The highest BCUT2D eigenvalue weighted by Gasteiger charge is 2.48. The van der Waals surface area contributed by atoms with Crippen molar-refractivity contribution in [2.75, 3.05) is 0 Å². The zero-order valence-corrected chi connectivity index (χ0v) is 11.4. The van der Waals surface area contributed by atoms with Crippen molar-refractivity contribution in [1.29, 1.82) is 0 Å². The number of hydrogen-bond acceptors (Lipinski definition) is 2. The molecule has 0 radical (unpaired) electrons. The van der Waals surface area contributed by atoms with Crippen LogP contribution in [0.5, 0.6) is 0 Å². The first-order valence-electron chi connectivity index (χ1n) is 6.25. The highest BCUT2D eigenvalue weighted by Crippen LogP contribution is 2.38. The van der Waals surface area contributed by atoms with Crippen LogP contribution in [0.1, 0.15) is 18.9 Å². The minimum atomic E-state index is -0.890. The largest absolute Gasteiger partial charge is 0.481 e. The van der Waals surface area contributed by atoms with Gasteiger partial charge in [-0.3, -0.25) is 9.59 Å². The Morgan fingerprint density at radius 2 is 2.11 bits per heavy atom. The van der Waals surface area contributed by atoms with E-state index in [1.807, 2.05) is 31.2 Å². The molecule has 19 heavy (non-hydrogen) atoms. The van der Waals surface area contributed by atoms with Gasteiger partial charge in [-0.05, 0) is 31.4 Å². The first kappa shape index (κ1) is 13.9. The molecule has 0 bridgehead atoms. The number of carbonyl (C=O) groups excluding carboxylic acids is 1. The second-order valence-corrected chi connectivity index (χ2v) is 5.40. The van der Waals surface area contributed by atoms with Gasteiger partial charge in [0, 0.05) is 11.1 Å². The van der Waals surface area contributed by atoms with Crippen LogP contribution in [0.4, 0.5) is 0 Å². The summed E-state index contributed by atoms with van der Waals surface area (Å²) in [6, 6.07) is 7.42. The van der Waals surface area contributed by atoms with Gasteiger partial charge < -0.3 is 10.4 Å². The summed E-state index contributed by atoms with van der Waals surface area (Å²) in [7, 11) is 0. The molecule has 1 aliphatic rings. The lowest BCUT2D eigenvalue weighted by Crippen LogP contribution is -2.35. The van der Waals surface area contributed by atoms with Crippen LogP contribution in [0, 0.1) is 11.8 Å². The van der Waals surface area contributed by atoms with Crippen LogP contribution in [-0.4, -0.2) is 23.0 Å². The first-order chi connectivity index (χ1) is 8.99. The predicted octanol–water partition coefficient (Wildman–Crippen LogP) is 2.11. The van der Waals surface area contributed by atoms with Crippen LogP contribution < -0.4 is 5.32 Å². The van der Waals surface area contributed by atoms with E-state index in [0.29, 0.717) is 17.9 Å². The van der Waals surface area contributed by atoms with Gasteiger partial charge in [-0.25, -0.2) is 0 Å². The third-order valence-electron chi connectivity index (χ3n) is 3.32. The fourth-order valence-electron chi connectivity index (χ4n) is 2.15. The van der Waals surface area contributed by atoms with Crippen molar-refractivity contribution in [3.05, 3.63) is 34.9 Å². The maximum absolute atomic E-state index is 11.8. The van der Waals surface area contributed by atoms with Crippen molar-refractivity contribution in [3.8, 4) is 0 Å². The molecule has 1 saturated carbocycles. The lowest BCUT2D eigenvalue weighted by atomic mass is 10.1. The Morgan fingerprint density at radius 3 is 2.68 bits per heavy atom. The molecular weight excluding hydrogens is 266 g/mol. The fraction of sp³-hybridized carbons (Fsp3) is 0.429. The number of amides is 1. The van der Waals surface area contributed by atoms with Gasteiger partial charge in [-0.2, -0.15) is 0 Å². The molecule has 2 N–H and O–H groups in total. The molecule has 1 fully saturated rings. The van der Waals surface area contributed by atoms with Crippen LogP contribution in [0.3, 0.4) is 0 Å². The van der Waals surface area contributed by atoms with Crippen molar-refractivity contribution in [2.24, 2.45) is 11.8 Å². The topological polar surface area (TPSA) is 66.4 Å². The third kappa shape index (κ3) is 3.47. The summed E-state index contributed by atoms with van der Waals surface area (Å²) in [5.41, 5.74) is 0.975. The summed E-state index contributed by atoms with van der Waals surface area (Å²) in [4.78, 5) is 22.5. The lowest BCUT2D eigenvalue weighted by molar-refractivity contribution is -0.140. The van der Waals surface area contributed by atoms with E-state index < -0.39 is 11.9 Å². The minimum Gasteiger partial charge on any atom is -0.481 e. The van der Waals surface area contributed by atoms with E-state index >= 15 is 0 Å². The third-order valence-corrected chi connectivity index (χ3v) is 3.69. The number of carbonyl (C=O) groups is 2. The molecule has 2 rings (SSSR count). The molecule has 3 atom stereocenters. The van der Waals surface area contributed by atoms with Gasteiger partial charge in [0.2, 0.25) is 5.91 Å². The molecule has 102 valence electrons.